The van der Waals surface area contributed by atoms with Gasteiger partial charge in [0.25, 0.3) is 0 Å². The third-order valence-corrected chi connectivity index (χ3v) is 5.39. The van der Waals surface area contributed by atoms with E-state index in [1.165, 1.54) is 0 Å². The van der Waals surface area contributed by atoms with E-state index in [9.17, 15) is 9.59 Å². The Morgan fingerprint density at radius 1 is 1.29 bits per heavy atom. The number of hydrogen-bond acceptors (Lipinski definition) is 7. The molecular formula is C15H21N5O2S2. The summed E-state index contributed by atoms with van der Waals surface area (Å²) in [6.07, 6.45) is 1.86. The van der Waals surface area contributed by atoms with Crippen molar-refractivity contribution in [1.29, 1.82) is 0 Å². The molecule has 0 aromatic carbocycles. The Morgan fingerprint density at radius 3 is 2.75 bits per heavy atom. The number of thiophene rings is 1. The number of nitrogens with two attached hydrogens (primary N) is 1. The first-order valence-corrected chi connectivity index (χ1v) is 9.46. The van der Waals surface area contributed by atoms with E-state index in [0.29, 0.717) is 17.5 Å². The number of fused-ring (bicyclic) bond motifs is 1. The predicted molar refractivity (Wildman–Crippen MR) is 98.5 cm³/mol. The number of nitrogen functional groups attached to an aromatic ring is 1. The van der Waals surface area contributed by atoms with Crippen molar-refractivity contribution >= 4 is 51.1 Å². The quantitative estimate of drug-likeness (QED) is 0.411. The fourth-order valence-corrected chi connectivity index (χ4v) is 3.79. The maximum Gasteiger partial charge on any atom is 0.321 e. The molecule has 24 heavy (non-hydrogen) atoms. The van der Waals surface area contributed by atoms with Gasteiger partial charge in [0.2, 0.25) is 5.91 Å². The molecule has 2 aromatic heterocycles. The molecule has 7 nitrogen and oxygen atoms in total. The van der Waals surface area contributed by atoms with Gasteiger partial charge in [0.1, 0.15) is 10.6 Å². The minimum absolute atomic E-state index is 0.0511. The van der Waals surface area contributed by atoms with Gasteiger partial charge in [-0.05, 0) is 25.8 Å². The highest BCUT2D eigenvalue weighted by Gasteiger charge is 2.14. The van der Waals surface area contributed by atoms with Crippen LogP contribution in [-0.4, -0.2) is 34.2 Å². The lowest BCUT2D eigenvalue weighted by atomic mass is 10.2. The molecule has 0 aliphatic rings. The minimum Gasteiger partial charge on any atom is -0.383 e. The Labute approximate surface area is 148 Å². The second kappa shape index (κ2) is 8.29. The third kappa shape index (κ3) is 4.57. The van der Waals surface area contributed by atoms with E-state index in [1.807, 2.05) is 20.8 Å². The number of amides is 3. The summed E-state index contributed by atoms with van der Waals surface area (Å²) in [6.45, 7) is 6.58. The van der Waals surface area contributed by atoms with E-state index in [4.69, 9.17) is 5.73 Å². The van der Waals surface area contributed by atoms with Crippen LogP contribution >= 0.6 is 23.1 Å². The van der Waals surface area contributed by atoms with Crippen molar-refractivity contribution in [2.24, 2.45) is 0 Å². The van der Waals surface area contributed by atoms with Crippen LogP contribution in [0.15, 0.2) is 5.16 Å². The Morgan fingerprint density at radius 2 is 2.04 bits per heavy atom. The molecule has 0 radical (unpaired) electrons. The van der Waals surface area contributed by atoms with Gasteiger partial charge in [-0.1, -0.05) is 25.1 Å². The number of thioether (sulfide) groups is 1. The zero-order valence-electron chi connectivity index (χ0n) is 13.9. The number of anilines is 1. The van der Waals surface area contributed by atoms with Crippen molar-refractivity contribution in [3.05, 3.63) is 10.4 Å². The van der Waals surface area contributed by atoms with Crippen molar-refractivity contribution in [2.75, 3.05) is 18.0 Å². The summed E-state index contributed by atoms with van der Waals surface area (Å²) in [7, 11) is 0. The molecule has 0 saturated carbocycles. The molecule has 4 N–H and O–H groups in total. The maximum atomic E-state index is 11.8. The SMILES string of the molecule is CCCCNC(=O)NC(=O)CSc1nc(N)c2c(C)c(C)sc2n1. The predicted octanol–water partition coefficient (Wildman–Crippen LogP) is 2.61. The number of nitrogens with one attached hydrogen (secondary N) is 2. The van der Waals surface area contributed by atoms with Gasteiger partial charge >= 0.3 is 6.03 Å². The van der Waals surface area contributed by atoms with Crippen LogP contribution in [0.1, 0.15) is 30.2 Å². The van der Waals surface area contributed by atoms with Gasteiger partial charge < -0.3 is 11.1 Å². The minimum atomic E-state index is -0.477. The number of hydrogen-bond donors (Lipinski definition) is 3. The Kier molecular flexibility index (Phi) is 6.38. The van der Waals surface area contributed by atoms with Crippen LogP contribution in [0.3, 0.4) is 0 Å². The fourth-order valence-electron chi connectivity index (χ4n) is 2.04. The van der Waals surface area contributed by atoms with E-state index in [-0.39, 0.29) is 5.75 Å². The lowest BCUT2D eigenvalue weighted by molar-refractivity contribution is -0.117. The molecule has 9 heteroatoms. The average Bonchev–Trinajstić information content (AvgIpc) is 2.80. The van der Waals surface area contributed by atoms with Crippen LogP contribution in [-0.2, 0) is 4.79 Å². The van der Waals surface area contributed by atoms with Gasteiger partial charge in [0.05, 0.1) is 11.1 Å². The monoisotopic (exact) mass is 367 g/mol. The van der Waals surface area contributed by atoms with Crippen LogP contribution in [0, 0.1) is 13.8 Å². The topological polar surface area (TPSA) is 110 Å². The number of carbonyl (C=O) groups excluding carboxylic acids is 2. The van der Waals surface area contributed by atoms with Gasteiger partial charge in [-0.15, -0.1) is 11.3 Å². The van der Waals surface area contributed by atoms with Crippen molar-refractivity contribution < 1.29 is 9.59 Å². The van der Waals surface area contributed by atoms with Crippen LogP contribution in [0.2, 0.25) is 0 Å². The number of nitrogens with zero attached hydrogens (tertiary/aromatic N) is 2. The van der Waals surface area contributed by atoms with Crippen molar-refractivity contribution in [3.8, 4) is 0 Å². The summed E-state index contributed by atoms with van der Waals surface area (Å²) in [5.41, 5.74) is 7.09. The molecule has 2 rings (SSSR count). The van der Waals surface area contributed by atoms with Gasteiger partial charge in [-0.2, -0.15) is 0 Å². The molecule has 0 aliphatic heterocycles. The second-order valence-electron chi connectivity index (χ2n) is 5.30. The van der Waals surface area contributed by atoms with E-state index < -0.39 is 11.9 Å². The number of urea groups is 1. The normalized spacial score (nSPS) is 10.8. The van der Waals surface area contributed by atoms with E-state index >= 15 is 0 Å². The van der Waals surface area contributed by atoms with Gasteiger partial charge in [-0.3, -0.25) is 10.1 Å². The first-order chi connectivity index (χ1) is 11.4. The van der Waals surface area contributed by atoms with Crippen molar-refractivity contribution in [2.45, 2.75) is 38.8 Å². The largest absolute Gasteiger partial charge is 0.383 e. The lowest BCUT2D eigenvalue weighted by Crippen LogP contribution is -2.40. The van der Waals surface area contributed by atoms with E-state index in [0.717, 1.165) is 45.3 Å². The molecule has 0 spiro atoms. The van der Waals surface area contributed by atoms with Crippen molar-refractivity contribution in [3.63, 3.8) is 0 Å². The molecule has 0 unspecified atom stereocenters. The number of aromatic nitrogens is 2. The summed E-state index contributed by atoms with van der Waals surface area (Å²) >= 11 is 2.71. The zero-order chi connectivity index (χ0) is 17.7. The third-order valence-electron chi connectivity index (χ3n) is 3.44. The molecule has 0 fully saturated rings. The molecule has 130 valence electrons. The van der Waals surface area contributed by atoms with Gasteiger partial charge in [-0.25, -0.2) is 14.8 Å². The van der Waals surface area contributed by atoms with Crippen LogP contribution in [0.5, 0.6) is 0 Å². The highest BCUT2D eigenvalue weighted by molar-refractivity contribution is 7.99. The summed E-state index contributed by atoms with van der Waals surface area (Å²) in [5.74, 6) is 0.0760. The number of rotatable bonds is 6. The number of imide groups is 1. The maximum absolute atomic E-state index is 11.8. The Balaban J connectivity index is 1.93. The molecule has 0 bridgehead atoms. The number of carbonyl (C=O) groups is 2. The van der Waals surface area contributed by atoms with Crippen LogP contribution in [0.25, 0.3) is 10.2 Å². The summed E-state index contributed by atoms with van der Waals surface area (Å²) in [6, 6.07) is -0.477. The zero-order valence-corrected chi connectivity index (χ0v) is 15.6. The summed E-state index contributed by atoms with van der Waals surface area (Å²) in [5, 5.41) is 6.21. The highest BCUT2D eigenvalue weighted by atomic mass is 32.2. The van der Waals surface area contributed by atoms with E-state index in [2.05, 4.69) is 20.6 Å². The number of unbranched alkanes of at least 4 members (excludes halogenated alkanes) is 1. The number of aryl methyl sites for hydroxylation is 2. The highest BCUT2D eigenvalue weighted by Crippen LogP contribution is 2.33. The smallest absolute Gasteiger partial charge is 0.321 e. The summed E-state index contributed by atoms with van der Waals surface area (Å²) < 4.78 is 0. The molecule has 0 atom stereocenters. The second-order valence-corrected chi connectivity index (χ2v) is 7.45. The molecular weight excluding hydrogens is 346 g/mol. The first-order valence-electron chi connectivity index (χ1n) is 7.66. The van der Waals surface area contributed by atoms with Crippen molar-refractivity contribution in [1.82, 2.24) is 20.6 Å². The Bertz CT molecular complexity index is 760. The fraction of sp³-hybridized carbons (Fsp3) is 0.467. The molecule has 2 aromatic rings. The molecule has 3 amide bonds. The van der Waals surface area contributed by atoms with Gasteiger partial charge in [0.15, 0.2) is 5.16 Å². The summed E-state index contributed by atoms with van der Waals surface area (Å²) in [4.78, 5) is 33.9. The molecule has 0 aliphatic carbocycles. The van der Waals surface area contributed by atoms with Crippen LogP contribution < -0.4 is 16.4 Å². The molecule has 0 saturated heterocycles. The molecule has 2 heterocycles. The van der Waals surface area contributed by atoms with Gasteiger partial charge in [0, 0.05) is 11.4 Å². The lowest BCUT2D eigenvalue weighted by Gasteiger charge is -2.06. The Hall–Kier alpha value is -1.87. The first kappa shape index (κ1) is 18.5. The average molecular weight is 368 g/mol. The standard InChI is InChI=1S/C15H21N5O2S2/c1-4-5-6-17-14(22)18-10(21)7-23-15-19-12(16)11-8(2)9(3)24-13(11)20-15/h4-7H2,1-3H3,(H2,16,19,20)(H2,17,18,21,22). The van der Waals surface area contributed by atoms with Crippen LogP contribution in [0.4, 0.5) is 10.6 Å². The van der Waals surface area contributed by atoms with E-state index in [1.54, 1.807) is 11.3 Å².